The first-order valence-corrected chi connectivity index (χ1v) is 6.90. The van der Waals surface area contributed by atoms with Gasteiger partial charge in [-0.15, -0.1) is 0 Å². The SMILES string of the molecule is CC(=O)NCCCCC(=O)NCCOCCOCC(=O)O. The first-order valence-electron chi connectivity index (χ1n) is 6.90. The molecule has 0 aromatic heterocycles. The minimum atomic E-state index is -1.01. The van der Waals surface area contributed by atoms with Crippen LogP contribution in [0.4, 0.5) is 0 Å². The normalized spacial score (nSPS) is 10.1. The highest BCUT2D eigenvalue weighted by Crippen LogP contribution is 1.93. The Bertz CT molecular complexity index is 322. The number of nitrogens with one attached hydrogen (secondary N) is 2. The van der Waals surface area contributed by atoms with E-state index in [1.165, 1.54) is 6.92 Å². The molecule has 0 spiro atoms. The number of ether oxygens (including phenoxy) is 2. The summed E-state index contributed by atoms with van der Waals surface area (Å²) in [4.78, 5) is 32.1. The summed E-state index contributed by atoms with van der Waals surface area (Å²) in [7, 11) is 0. The van der Waals surface area contributed by atoms with Crippen LogP contribution in [-0.4, -0.2) is 62.4 Å². The molecule has 2 amide bonds. The second-order valence-electron chi connectivity index (χ2n) is 4.35. The van der Waals surface area contributed by atoms with E-state index < -0.39 is 5.97 Å². The highest BCUT2D eigenvalue weighted by atomic mass is 16.5. The van der Waals surface area contributed by atoms with E-state index in [0.717, 1.165) is 12.8 Å². The number of rotatable bonds is 13. The summed E-state index contributed by atoms with van der Waals surface area (Å²) in [6.45, 7) is 2.97. The topological polar surface area (TPSA) is 114 Å². The number of carboxylic acid groups (broad SMARTS) is 1. The Labute approximate surface area is 124 Å². The molecule has 0 fully saturated rings. The summed E-state index contributed by atoms with van der Waals surface area (Å²) in [5.74, 6) is -1.13. The molecule has 3 N–H and O–H groups in total. The molecule has 0 aliphatic heterocycles. The molecule has 0 saturated carbocycles. The van der Waals surface area contributed by atoms with Gasteiger partial charge in [0.25, 0.3) is 0 Å². The van der Waals surface area contributed by atoms with Crippen molar-refractivity contribution in [2.75, 3.05) is 39.5 Å². The third-order valence-corrected chi connectivity index (χ3v) is 2.37. The van der Waals surface area contributed by atoms with Crippen molar-refractivity contribution in [3.05, 3.63) is 0 Å². The van der Waals surface area contributed by atoms with E-state index in [4.69, 9.17) is 14.6 Å². The summed E-state index contributed by atoms with van der Waals surface area (Å²) in [6.07, 6.45) is 1.90. The van der Waals surface area contributed by atoms with Crippen LogP contribution in [0.5, 0.6) is 0 Å². The van der Waals surface area contributed by atoms with Crippen LogP contribution in [0.2, 0.25) is 0 Å². The van der Waals surface area contributed by atoms with Crippen molar-refractivity contribution in [1.29, 1.82) is 0 Å². The van der Waals surface area contributed by atoms with Crippen molar-refractivity contribution < 1.29 is 29.0 Å². The third-order valence-electron chi connectivity index (χ3n) is 2.37. The average molecular weight is 304 g/mol. The molecule has 0 heterocycles. The summed E-state index contributed by atoms with van der Waals surface area (Å²) in [5, 5.41) is 13.7. The van der Waals surface area contributed by atoms with Gasteiger partial charge in [-0.3, -0.25) is 9.59 Å². The van der Waals surface area contributed by atoms with Gasteiger partial charge < -0.3 is 25.2 Å². The fraction of sp³-hybridized carbons (Fsp3) is 0.769. The zero-order valence-corrected chi connectivity index (χ0v) is 12.4. The van der Waals surface area contributed by atoms with Crippen LogP contribution in [0.3, 0.4) is 0 Å². The van der Waals surface area contributed by atoms with E-state index >= 15 is 0 Å². The predicted molar refractivity (Wildman–Crippen MR) is 74.8 cm³/mol. The second-order valence-corrected chi connectivity index (χ2v) is 4.35. The van der Waals surface area contributed by atoms with Gasteiger partial charge in [0, 0.05) is 26.4 Å². The zero-order valence-electron chi connectivity index (χ0n) is 12.4. The fourth-order valence-electron chi connectivity index (χ4n) is 1.41. The van der Waals surface area contributed by atoms with Gasteiger partial charge in [-0.25, -0.2) is 4.79 Å². The molecule has 0 unspecified atom stereocenters. The summed E-state index contributed by atoms with van der Waals surface area (Å²) in [6, 6.07) is 0. The van der Waals surface area contributed by atoms with Crippen molar-refractivity contribution >= 4 is 17.8 Å². The van der Waals surface area contributed by atoms with E-state index in [1.54, 1.807) is 0 Å². The lowest BCUT2D eigenvalue weighted by molar-refractivity contribution is -0.142. The highest BCUT2D eigenvalue weighted by Gasteiger charge is 2.01. The van der Waals surface area contributed by atoms with Crippen LogP contribution in [0.25, 0.3) is 0 Å². The van der Waals surface area contributed by atoms with Crippen molar-refractivity contribution in [3.8, 4) is 0 Å². The molecule has 8 heteroatoms. The maximum Gasteiger partial charge on any atom is 0.329 e. The first kappa shape index (κ1) is 19.3. The molecule has 0 aromatic rings. The highest BCUT2D eigenvalue weighted by molar-refractivity contribution is 5.75. The Hall–Kier alpha value is -1.67. The first-order chi connectivity index (χ1) is 10.0. The van der Waals surface area contributed by atoms with Crippen LogP contribution in [-0.2, 0) is 23.9 Å². The van der Waals surface area contributed by atoms with Gasteiger partial charge >= 0.3 is 5.97 Å². The Kier molecular flexibility index (Phi) is 12.3. The molecular formula is C13H24N2O6. The van der Waals surface area contributed by atoms with Gasteiger partial charge in [-0.2, -0.15) is 0 Å². The van der Waals surface area contributed by atoms with Crippen molar-refractivity contribution in [2.45, 2.75) is 26.2 Å². The number of hydrogen-bond donors (Lipinski definition) is 3. The Morgan fingerprint density at radius 2 is 1.67 bits per heavy atom. The van der Waals surface area contributed by atoms with Crippen molar-refractivity contribution in [2.24, 2.45) is 0 Å². The van der Waals surface area contributed by atoms with E-state index in [2.05, 4.69) is 10.6 Å². The van der Waals surface area contributed by atoms with Gasteiger partial charge in [0.2, 0.25) is 11.8 Å². The molecule has 122 valence electrons. The smallest absolute Gasteiger partial charge is 0.329 e. The molecule has 0 saturated heterocycles. The minimum absolute atomic E-state index is 0.0523. The number of carboxylic acids is 1. The molecular weight excluding hydrogens is 280 g/mol. The maximum absolute atomic E-state index is 11.4. The van der Waals surface area contributed by atoms with Gasteiger partial charge in [0.05, 0.1) is 19.8 Å². The number of carbonyl (C=O) groups is 3. The van der Waals surface area contributed by atoms with Gasteiger partial charge in [0.1, 0.15) is 6.61 Å². The van der Waals surface area contributed by atoms with E-state index in [-0.39, 0.29) is 25.0 Å². The molecule has 8 nitrogen and oxygen atoms in total. The standard InChI is InChI=1S/C13H24N2O6/c1-11(16)14-5-3-2-4-12(17)15-6-7-20-8-9-21-10-13(18)19/h2-10H2,1H3,(H,14,16)(H,15,17)(H,18,19). The molecule has 0 radical (unpaired) electrons. The summed E-state index contributed by atoms with van der Waals surface area (Å²) in [5.41, 5.74) is 0. The molecule has 0 rings (SSSR count). The lowest BCUT2D eigenvalue weighted by Crippen LogP contribution is -2.28. The number of amides is 2. The molecule has 0 aromatic carbocycles. The van der Waals surface area contributed by atoms with E-state index in [1.807, 2.05) is 0 Å². The van der Waals surface area contributed by atoms with Gasteiger partial charge in [-0.1, -0.05) is 0 Å². The van der Waals surface area contributed by atoms with Crippen molar-refractivity contribution in [3.63, 3.8) is 0 Å². The molecule has 0 aliphatic carbocycles. The Morgan fingerprint density at radius 1 is 0.952 bits per heavy atom. The Morgan fingerprint density at radius 3 is 2.33 bits per heavy atom. The predicted octanol–water partition coefficient (Wildman–Crippen LogP) is -0.473. The third kappa shape index (κ3) is 16.3. The largest absolute Gasteiger partial charge is 0.480 e. The quantitative estimate of drug-likeness (QED) is 0.396. The number of hydrogen-bond acceptors (Lipinski definition) is 5. The van der Waals surface area contributed by atoms with Crippen LogP contribution in [0, 0.1) is 0 Å². The summed E-state index contributed by atoms with van der Waals surface area (Å²) >= 11 is 0. The lowest BCUT2D eigenvalue weighted by atomic mass is 10.2. The molecule has 0 atom stereocenters. The number of carbonyl (C=O) groups excluding carboxylic acids is 2. The minimum Gasteiger partial charge on any atom is -0.480 e. The van der Waals surface area contributed by atoms with Crippen LogP contribution >= 0.6 is 0 Å². The average Bonchev–Trinajstić information content (AvgIpc) is 2.40. The monoisotopic (exact) mass is 304 g/mol. The van der Waals surface area contributed by atoms with E-state index in [9.17, 15) is 14.4 Å². The molecule has 0 bridgehead atoms. The van der Waals surface area contributed by atoms with E-state index in [0.29, 0.717) is 32.7 Å². The van der Waals surface area contributed by atoms with Gasteiger partial charge in [0.15, 0.2) is 0 Å². The summed E-state index contributed by atoms with van der Waals surface area (Å²) < 4.78 is 9.93. The zero-order chi connectivity index (χ0) is 15.9. The lowest BCUT2D eigenvalue weighted by Gasteiger charge is -2.07. The Balaban J connectivity index is 3.23. The van der Waals surface area contributed by atoms with Crippen LogP contribution in [0.1, 0.15) is 26.2 Å². The van der Waals surface area contributed by atoms with Crippen molar-refractivity contribution in [1.82, 2.24) is 10.6 Å². The molecule has 21 heavy (non-hydrogen) atoms. The maximum atomic E-state index is 11.4. The second kappa shape index (κ2) is 13.3. The van der Waals surface area contributed by atoms with Crippen LogP contribution < -0.4 is 10.6 Å². The van der Waals surface area contributed by atoms with Crippen LogP contribution in [0.15, 0.2) is 0 Å². The number of unbranched alkanes of at least 4 members (excludes halogenated alkanes) is 1. The molecule has 0 aliphatic rings. The number of aliphatic carboxylic acids is 1. The van der Waals surface area contributed by atoms with Gasteiger partial charge in [-0.05, 0) is 12.8 Å². The fourth-order valence-corrected chi connectivity index (χ4v) is 1.41.